The van der Waals surface area contributed by atoms with Gasteiger partial charge in [0.2, 0.25) is 0 Å². The number of ether oxygens (including phenoxy) is 2. The van der Waals surface area contributed by atoms with Crippen LogP contribution >= 0.6 is 0 Å². The molecule has 160 valence electrons. The molecule has 2 heterocycles. The van der Waals surface area contributed by atoms with Crippen molar-refractivity contribution in [1.82, 2.24) is 4.57 Å². The Labute approximate surface area is 177 Å². The molecule has 0 radical (unpaired) electrons. The zero-order valence-corrected chi connectivity index (χ0v) is 17.8. The van der Waals surface area contributed by atoms with Crippen LogP contribution < -0.4 is 10.2 Å². The topological polar surface area (TPSA) is 72.8 Å². The summed E-state index contributed by atoms with van der Waals surface area (Å²) in [5, 5.41) is 2.82. The number of carbonyl (C=O) groups is 2. The standard InChI is InChI=1S/C23H29N3O4/c1-15-14-21(16(2)26(15)20-8-9-20)23(28)30-17(3)22(27)24-18-4-6-19(7-5-18)25-10-12-29-13-11-25/h4-7,14,17,20H,8-13H2,1-3H3,(H,24,27)/t17-/m0/s1. The number of carbonyl (C=O) groups excluding carboxylic acids is 2. The smallest absolute Gasteiger partial charge is 0.340 e. The van der Waals surface area contributed by atoms with Gasteiger partial charge in [0.1, 0.15) is 0 Å². The summed E-state index contributed by atoms with van der Waals surface area (Å²) in [5.41, 5.74) is 4.27. The van der Waals surface area contributed by atoms with Crippen LogP contribution in [-0.4, -0.2) is 48.9 Å². The van der Waals surface area contributed by atoms with E-state index in [0.29, 0.717) is 17.3 Å². The van der Waals surface area contributed by atoms with Gasteiger partial charge in [0, 0.05) is 41.9 Å². The molecular formula is C23H29N3O4. The predicted octanol–water partition coefficient (Wildman–Crippen LogP) is 3.46. The molecule has 1 aromatic heterocycles. The monoisotopic (exact) mass is 411 g/mol. The number of hydrogen-bond acceptors (Lipinski definition) is 5. The van der Waals surface area contributed by atoms with Gasteiger partial charge in [0.25, 0.3) is 5.91 Å². The van der Waals surface area contributed by atoms with Crippen molar-refractivity contribution < 1.29 is 19.1 Å². The third-order valence-corrected chi connectivity index (χ3v) is 5.78. The van der Waals surface area contributed by atoms with Crippen molar-refractivity contribution in [3.8, 4) is 0 Å². The first kappa shape index (κ1) is 20.5. The molecule has 1 aliphatic heterocycles. The molecule has 2 aliphatic rings. The maximum Gasteiger partial charge on any atom is 0.340 e. The summed E-state index contributed by atoms with van der Waals surface area (Å²) in [5.74, 6) is -0.807. The van der Waals surface area contributed by atoms with Gasteiger partial charge in [-0.3, -0.25) is 4.79 Å². The van der Waals surface area contributed by atoms with E-state index in [4.69, 9.17) is 9.47 Å². The average Bonchev–Trinajstić information content (AvgIpc) is 3.53. The van der Waals surface area contributed by atoms with Crippen molar-refractivity contribution in [1.29, 1.82) is 0 Å². The largest absolute Gasteiger partial charge is 0.449 e. The van der Waals surface area contributed by atoms with E-state index in [1.54, 1.807) is 6.92 Å². The molecule has 7 heteroatoms. The minimum Gasteiger partial charge on any atom is -0.449 e. The van der Waals surface area contributed by atoms with E-state index in [9.17, 15) is 9.59 Å². The van der Waals surface area contributed by atoms with Crippen molar-refractivity contribution in [3.63, 3.8) is 0 Å². The molecule has 30 heavy (non-hydrogen) atoms. The lowest BCUT2D eigenvalue weighted by Gasteiger charge is -2.28. The minimum atomic E-state index is -0.889. The van der Waals surface area contributed by atoms with E-state index in [1.165, 1.54) is 0 Å². The molecular weight excluding hydrogens is 382 g/mol. The molecule has 1 N–H and O–H groups in total. The number of anilines is 2. The number of nitrogens with one attached hydrogen (secondary N) is 1. The van der Waals surface area contributed by atoms with Crippen molar-refractivity contribution >= 4 is 23.3 Å². The van der Waals surface area contributed by atoms with Gasteiger partial charge in [-0.2, -0.15) is 0 Å². The lowest BCUT2D eigenvalue weighted by Crippen LogP contribution is -2.36. The van der Waals surface area contributed by atoms with E-state index in [2.05, 4.69) is 14.8 Å². The van der Waals surface area contributed by atoms with Gasteiger partial charge in [-0.25, -0.2) is 4.79 Å². The molecule has 7 nitrogen and oxygen atoms in total. The highest BCUT2D eigenvalue weighted by molar-refractivity contribution is 5.98. The van der Waals surface area contributed by atoms with Crippen LogP contribution in [0.1, 0.15) is 47.6 Å². The van der Waals surface area contributed by atoms with E-state index >= 15 is 0 Å². The SMILES string of the molecule is Cc1cc(C(=O)O[C@@H](C)C(=O)Nc2ccc(N3CCOCC3)cc2)c(C)n1C1CC1. The highest BCUT2D eigenvalue weighted by Gasteiger charge is 2.29. The first-order valence-corrected chi connectivity index (χ1v) is 10.6. The first-order chi connectivity index (χ1) is 14.4. The molecule has 0 unspecified atom stereocenters. The Bertz CT molecular complexity index is 925. The van der Waals surface area contributed by atoms with Crippen LogP contribution in [0.2, 0.25) is 0 Å². The van der Waals surface area contributed by atoms with E-state index in [0.717, 1.165) is 56.2 Å². The molecule has 2 fully saturated rings. The Hall–Kier alpha value is -2.80. The van der Waals surface area contributed by atoms with Crippen LogP contribution in [0.3, 0.4) is 0 Å². The molecule has 1 saturated heterocycles. The highest BCUT2D eigenvalue weighted by Crippen LogP contribution is 2.38. The van der Waals surface area contributed by atoms with Gasteiger partial charge in [-0.15, -0.1) is 0 Å². The maximum absolute atomic E-state index is 12.6. The van der Waals surface area contributed by atoms with Crippen molar-refractivity contribution in [3.05, 3.63) is 47.3 Å². The number of nitrogens with zero attached hydrogens (tertiary/aromatic N) is 2. The Balaban J connectivity index is 1.34. The molecule has 0 spiro atoms. The molecule has 0 bridgehead atoms. The van der Waals surface area contributed by atoms with Crippen LogP contribution in [0.25, 0.3) is 0 Å². The van der Waals surface area contributed by atoms with Gasteiger partial charge < -0.3 is 24.3 Å². The Morgan fingerprint density at radius 3 is 2.43 bits per heavy atom. The quantitative estimate of drug-likeness (QED) is 0.737. The summed E-state index contributed by atoms with van der Waals surface area (Å²) >= 11 is 0. The van der Waals surface area contributed by atoms with E-state index in [1.807, 2.05) is 44.2 Å². The summed E-state index contributed by atoms with van der Waals surface area (Å²) in [6.07, 6.45) is 1.41. The summed E-state index contributed by atoms with van der Waals surface area (Å²) in [7, 11) is 0. The van der Waals surface area contributed by atoms with Crippen LogP contribution in [0, 0.1) is 13.8 Å². The van der Waals surface area contributed by atoms with Gasteiger partial charge in [0.05, 0.1) is 18.8 Å². The summed E-state index contributed by atoms with van der Waals surface area (Å²) in [6.45, 7) is 8.70. The van der Waals surface area contributed by atoms with Crippen molar-refractivity contribution in [2.75, 3.05) is 36.5 Å². The fourth-order valence-electron chi connectivity index (χ4n) is 3.98. The average molecular weight is 412 g/mol. The number of aromatic nitrogens is 1. The molecule has 1 saturated carbocycles. The first-order valence-electron chi connectivity index (χ1n) is 10.6. The maximum atomic E-state index is 12.6. The molecule has 1 aliphatic carbocycles. The van der Waals surface area contributed by atoms with Crippen LogP contribution in [0.15, 0.2) is 30.3 Å². The Morgan fingerprint density at radius 1 is 1.13 bits per heavy atom. The fraction of sp³-hybridized carbons (Fsp3) is 0.478. The number of morpholine rings is 1. The third-order valence-electron chi connectivity index (χ3n) is 5.78. The zero-order chi connectivity index (χ0) is 21.3. The van der Waals surface area contributed by atoms with Crippen LogP contribution in [0.5, 0.6) is 0 Å². The van der Waals surface area contributed by atoms with E-state index < -0.39 is 12.1 Å². The zero-order valence-electron chi connectivity index (χ0n) is 17.8. The molecule has 1 amide bonds. The normalized spacial score (nSPS) is 17.5. The second-order valence-electron chi connectivity index (χ2n) is 8.07. The van der Waals surface area contributed by atoms with E-state index in [-0.39, 0.29) is 5.91 Å². The number of hydrogen-bond donors (Lipinski definition) is 1. The Kier molecular flexibility index (Phi) is 5.81. The summed E-state index contributed by atoms with van der Waals surface area (Å²) in [4.78, 5) is 27.4. The second-order valence-corrected chi connectivity index (χ2v) is 8.07. The predicted molar refractivity (Wildman–Crippen MR) is 115 cm³/mol. The molecule has 1 aromatic carbocycles. The second kappa shape index (κ2) is 8.52. The van der Waals surface area contributed by atoms with Gasteiger partial charge in [-0.05, 0) is 63.9 Å². The minimum absolute atomic E-state index is 0.349. The lowest BCUT2D eigenvalue weighted by atomic mass is 10.2. The molecule has 4 rings (SSSR count). The van der Waals surface area contributed by atoms with Gasteiger partial charge in [0.15, 0.2) is 6.10 Å². The summed E-state index contributed by atoms with van der Waals surface area (Å²) < 4.78 is 13.0. The van der Waals surface area contributed by atoms with Gasteiger partial charge in [-0.1, -0.05) is 0 Å². The van der Waals surface area contributed by atoms with Gasteiger partial charge >= 0.3 is 5.97 Å². The fourth-order valence-corrected chi connectivity index (χ4v) is 3.98. The number of esters is 1. The van der Waals surface area contributed by atoms with Crippen molar-refractivity contribution in [2.45, 2.75) is 45.8 Å². The lowest BCUT2D eigenvalue weighted by molar-refractivity contribution is -0.123. The summed E-state index contributed by atoms with van der Waals surface area (Å²) in [6, 6.07) is 10.0. The highest BCUT2D eigenvalue weighted by atomic mass is 16.5. The number of amides is 1. The number of benzene rings is 1. The third kappa shape index (κ3) is 4.36. The number of rotatable bonds is 6. The number of aryl methyl sites for hydroxylation is 1. The molecule has 2 aromatic rings. The van der Waals surface area contributed by atoms with Crippen LogP contribution in [0.4, 0.5) is 11.4 Å². The Morgan fingerprint density at radius 2 is 1.80 bits per heavy atom. The van der Waals surface area contributed by atoms with Crippen LogP contribution in [-0.2, 0) is 14.3 Å². The molecule has 1 atom stereocenters. The van der Waals surface area contributed by atoms with Crippen molar-refractivity contribution in [2.24, 2.45) is 0 Å².